The normalized spacial score (nSPS) is 11.5. The highest BCUT2D eigenvalue weighted by Crippen LogP contribution is 2.43. The minimum atomic E-state index is -0.957. The van der Waals surface area contributed by atoms with Gasteiger partial charge in [0.1, 0.15) is 22.7 Å². The van der Waals surface area contributed by atoms with Crippen LogP contribution in [0.4, 0.5) is 0 Å². The van der Waals surface area contributed by atoms with E-state index in [9.17, 15) is 19.8 Å². The number of fused-ring (bicyclic) bond motifs is 5. The Morgan fingerprint density at radius 3 is 1.21 bits per heavy atom. The first-order valence-corrected chi connectivity index (χ1v) is 12.5. The van der Waals surface area contributed by atoms with Crippen molar-refractivity contribution in [2.45, 2.75) is 26.7 Å². The summed E-state index contributed by atoms with van der Waals surface area (Å²) in [6.45, 7) is 4.07. The second-order valence-corrected chi connectivity index (χ2v) is 9.25. The summed E-state index contributed by atoms with van der Waals surface area (Å²) >= 11 is 0. The lowest BCUT2D eigenvalue weighted by atomic mass is 9.96. The maximum Gasteiger partial charge on any atom is 0.335 e. The number of aromatic carboxylic acids is 2. The van der Waals surface area contributed by atoms with E-state index in [4.69, 9.17) is 8.83 Å². The van der Waals surface area contributed by atoms with Gasteiger partial charge in [-0.1, -0.05) is 38.1 Å². The Morgan fingerprint density at radius 1 is 0.553 bits per heavy atom. The van der Waals surface area contributed by atoms with Crippen LogP contribution in [0.25, 0.3) is 55.0 Å². The van der Waals surface area contributed by atoms with E-state index >= 15 is 0 Å². The summed E-state index contributed by atoms with van der Waals surface area (Å²) in [6, 6.07) is 21.9. The Morgan fingerprint density at radius 2 is 0.895 bits per heavy atom. The Balaban J connectivity index is 1.56. The number of furan rings is 2. The molecule has 0 saturated carbocycles. The third-order valence-electron chi connectivity index (χ3n) is 7.13. The molecule has 6 aromatic rings. The molecule has 2 heterocycles. The number of carbonyl (C=O) groups is 2. The molecule has 0 radical (unpaired) electrons. The first-order valence-electron chi connectivity index (χ1n) is 12.5. The molecule has 188 valence electrons. The molecule has 2 aromatic heterocycles. The molecule has 0 aliphatic carbocycles. The fourth-order valence-electron chi connectivity index (χ4n) is 5.30. The average molecular weight is 505 g/mol. The Hall–Kier alpha value is -4.84. The van der Waals surface area contributed by atoms with Crippen LogP contribution in [0.3, 0.4) is 0 Å². The van der Waals surface area contributed by atoms with Crippen molar-refractivity contribution in [1.82, 2.24) is 0 Å². The molecule has 6 heteroatoms. The molecule has 0 bridgehead atoms. The van der Waals surface area contributed by atoms with Gasteiger partial charge in [-0.3, -0.25) is 0 Å². The number of hydrogen-bond donors (Lipinski definition) is 2. The van der Waals surface area contributed by atoms with Crippen LogP contribution in [0.15, 0.2) is 81.6 Å². The zero-order valence-corrected chi connectivity index (χ0v) is 20.9. The van der Waals surface area contributed by atoms with Gasteiger partial charge in [0.25, 0.3) is 0 Å². The number of carboxylic acid groups (broad SMARTS) is 2. The van der Waals surface area contributed by atoms with Crippen LogP contribution < -0.4 is 0 Å². The maximum absolute atomic E-state index is 11.3. The molecular weight excluding hydrogens is 480 g/mol. The van der Waals surface area contributed by atoms with Crippen molar-refractivity contribution in [3.63, 3.8) is 0 Å². The SMILES string of the molecule is CCc1oc2c(ccc3c2ccc2c(-c4ccc(C(=O)O)cc4)c(CC)oc23)c1-c1ccc(C(=O)O)cc1. The smallest absolute Gasteiger partial charge is 0.335 e. The molecule has 0 unspecified atom stereocenters. The van der Waals surface area contributed by atoms with E-state index in [-0.39, 0.29) is 11.1 Å². The lowest BCUT2D eigenvalue weighted by Crippen LogP contribution is -1.95. The van der Waals surface area contributed by atoms with E-state index < -0.39 is 11.9 Å². The molecule has 0 saturated heterocycles. The van der Waals surface area contributed by atoms with Gasteiger partial charge in [0.15, 0.2) is 0 Å². The molecule has 38 heavy (non-hydrogen) atoms. The highest BCUT2D eigenvalue weighted by molar-refractivity contribution is 6.18. The summed E-state index contributed by atoms with van der Waals surface area (Å²) in [5.41, 5.74) is 5.76. The molecule has 6 rings (SSSR count). The Labute approximate surface area is 217 Å². The van der Waals surface area contributed by atoms with Gasteiger partial charge >= 0.3 is 11.9 Å². The summed E-state index contributed by atoms with van der Waals surface area (Å²) in [4.78, 5) is 22.6. The van der Waals surface area contributed by atoms with Crippen molar-refractivity contribution in [2.75, 3.05) is 0 Å². The second kappa shape index (κ2) is 8.92. The minimum absolute atomic E-state index is 0.241. The van der Waals surface area contributed by atoms with Gasteiger partial charge in [0.2, 0.25) is 0 Å². The third kappa shape index (κ3) is 3.57. The number of benzene rings is 4. The van der Waals surface area contributed by atoms with Crippen LogP contribution in [0.1, 0.15) is 46.1 Å². The van der Waals surface area contributed by atoms with Crippen LogP contribution in [-0.4, -0.2) is 22.2 Å². The third-order valence-corrected chi connectivity index (χ3v) is 7.13. The molecule has 0 fully saturated rings. The largest absolute Gasteiger partial charge is 0.478 e. The molecule has 0 amide bonds. The maximum atomic E-state index is 11.3. The van der Waals surface area contributed by atoms with E-state index in [1.54, 1.807) is 24.3 Å². The Bertz CT molecular complexity index is 1730. The minimum Gasteiger partial charge on any atom is -0.478 e. The predicted molar refractivity (Wildman–Crippen MR) is 147 cm³/mol. The molecule has 2 N–H and O–H groups in total. The number of rotatable bonds is 6. The van der Waals surface area contributed by atoms with Gasteiger partial charge in [0, 0.05) is 45.5 Å². The zero-order valence-electron chi connectivity index (χ0n) is 20.9. The molecule has 0 spiro atoms. The van der Waals surface area contributed by atoms with Gasteiger partial charge in [-0.2, -0.15) is 0 Å². The topological polar surface area (TPSA) is 101 Å². The van der Waals surface area contributed by atoms with E-state index in [0.717, 1.165) is 66.5 Å². The summed E-state index contributed by atoms with van der Waals surface area (Å²) in [6.07, 6.45) is 1.37. The quantitative estimate of drug-likeness (QED) is 0.237. The van der Waals surface area contributed by atoms with Crippen molar-refractivity contribution in [3.05, 3.63) is 95.4 Å². The zero-order chi connectivity index (χ0) is 26.6. The van der Waals surface area contributed by atoms with E-state index in [0.29, 0.717) is 12.8 Å². The van der Waals surface area contributed by atoms with Crippen LogP contribution in [-0.2, 0) is 12.8 Å². The lowest BCUT2D eigenvalue weighted by Gasteiger charge is -2.04. The van der Waals surface area contributed by atoms with E-state index in [1.165, 1.54) is 0 Å². The molecular formula is C32H24O6. The molecule has 6 nitrogen and oxygen atoms in total. The van der Waals surface area contributed by atoms with Gasteiger partial charge in [-0.05, 0) is 59.7 Å². The van der Waals surface area contributed by atoms with Crippen molar-refractivity contribution in [2.24, 2.45) is 0 Å². The monoisotopic (exact) mass is 504 g/mol. The van der Waals surface area contributed by atoms with E-state index in [1.807, 2.05) is 62.4 Å². The van der Waals surface area contributed by atoms with Crippen molar-refractivity contribution in [1.29, 1.82) is 0 Å². The summed E-state index contributed by atoms with van der Waals surface area (Å²) in [5, 5.41) is 22.3. The molecule has 4 aromatic carbocycles. The number of aryl methyl sites for hydroxylation is 2. The second-order valence-electron chi connectivity index (χ2n) is 9.25. The standard InChI is InChI=1S/C32H24O6/c1-3-25-27(17-5-9-19(10-6-17)31(33)34)23-15-13-22-21(29(23)37-25)14-16-24-28(26(4-2)38-30(22)24)18-7-11-20(12-8-18)32(35)36/h5-16H,3-4H2,1-2H3,(H,33,34)(H,35,36). The Kier molecular flexibility index (Phi) is 5.53. The highest BCUT2D eigenvalue weighted by Gasteiger charge is 2.21. The van der Waals surface area contributed by atoms with Crippen LogP contribution in [0.5, 0.6) is 0 Å². The summed E-state index contributed by atoms with van der Waals surface area (Å²) < 4.78 is 12.8. The summed E-state index contributed by atoms with van der Waals surface area (Å²) in [5.74, 6) is -0.241. The van der Waals surface area contributed by atoms with Crippen LogP contribution >= 0.6 is 0 Å². The molecule has 0 aliphatic rings. The fraction of sp³-hybridized carbons (Fsp3) is 0.125. The van der Waals surface area contributed by atoms with Crippen molar-refractivity contribution < 1.29 is 28.6 Å². The van der Waals surface area contributed by atoms with Gasteiger partial charge in [-0.25, -0.2) is 9.59 Å². The first-order chi connectivity index (χ1) is 18.4. The van der Waals surface area contributed by atoms with Gasteiger partial charge < -0.3 is 19.0 Å². The number of hydrogen-bond acceptors (Lipinski definition) is 4. The number of carboxylic acids is 2. The van der Waals surface area contributed by atoms with Crippen molar-refractivity contribution >= 4 is 44.6 Å². The first kappa shape index (κ1) is 23.6. The van der Waals surface area contributed by atoms with E-state index in [2.05, 4.69) is 0 Å². The molecule has 0 atom stereocenters. The average Bonchev–Trinajstić information content (AvgIpc) is 3.51. The highest BCUT2D eigenvalue weighted by atomic mass is 16.4. The van der Waals surface area contributed by atoms with Crippen LogP contribution in [0.2, 0.25) is 0 Å². The summed E-state index contributed by atoms with van der Waals surface area (Å²) in [7, 11) is 0. The predicted octanol–water partition coefficient (Wildman–Crippen LogP) is 8.19. The van der Waals surface area contributed by atoms with Gasteiger partial charge in [0.05, 0.1) is 11.1 Å². The van der Waals surface area contributed by atoms with Crippen molar-refractivity contribution in [3.8, 4) is 22.3 Å². The molecule has 0 aliphatic heterocycles. The fourth-order valence-corrected chi connectivity index (χ4v) is 5.30. The van der Waals surface area contributed by atoms with Crippen LogP contribution in [0, 0.1) is 0 Å². The lowest BCUT2D eigenvalue weighted by molar-refractivity contribution is 0.0686. The van der Waals surface area contributed by atoms with Gasteiger partial charge in [-0.15, -0.1) is 0 Å².